The van der Waals surface area contributed by atoms with Gasteiger partial charge in [0.2, 0.25) is 0 Å². The molecule has 2 heterocycles. The molecule has 94 valence electrons. The number of carbonyl (C=O) groups is 1. The minimum Gasteiger partial charge on any atom is -0.343 e. The predicted molar refractivity (Wildman–Crippen MR) is 75.4 cm³/mol. The van der Waals surface area contributed by atoms with Crippen molar-refractivity contribution >= 4 is 17.2 Å². The number of rotatable bonds is 3. The lowest BCUT2D eigenvalue weighted by molar-refractivity contribution is 0.112. The smallest absolute Gasteiger partial charge is 0.150 e. The molecule has 3 heteroatoms. The first-order valence-corrected chi connectivity index (χ1v) is 6.21. The summed E-state index contributed by atoms with van der Waals surface area (Å²) in [6.07, 6.45) is 6.66. The van der Waals surface area contributed by atoms with Gasteiger partial charge in [0, 0.05) is 41.6 Å². The van der Waals surface area contributed by atoms with Gasteiger partial charge in [0.25, 0.3) is 0 Å². The molecule has 0 saturated carbocycles. The minimum atomic E-state index is 0.711. The van der Waals surface area contributed by atoms with Gasteiger partial charge in [-0.25, -0.2) is 0 Å². The fourth-order valence-electron chi connectivity index (χ4n) is 2.33. The number of hydrogen-bond acceptors (Lipinski definition) is 2. The molecule has 0 aliphatic heterocycles. The van der Waals surface area contributed by atoms with Crippen molar-refractivity contribution in [1.82, 2.24) is 9.55 Å². The highest BCUT2D eigenvalue weighted by molar-refractivity contribution is 5.87. The van der Waals surface area contributed by atoms with Crippen LogP contribution in [0, 0.1) is 6.92 Å². The molecule has 0 spiro atoms. The third-order valence-corrected chi connectivity index (χ3v) is 3.22. The first-order chi connectivity index (χ1) is 9.26. The first-order valence-electron chi connectivity index (χ1n) is 6.21. The molecule has 2 aromatic heterocycles. The molecule has 0 fully saturated rings. The summed E-state index contributed by atoms with van der Waals surface area (Å²) in [4.78, 5) is 15.0. The quantitative estimate of drug-likeness (QED) is 0.669. The van der Waals surface area contributed by atoms with Crippen LogP contribution >= 0.6 is 0 Å². The van der Waals surface area contributed by atoms with E-state index in [-0.39, 0.29) is 0 Å². The second-order valence-corrected chi connectivity index (χ2v) is 4.75. The molecular formula is C16H14N2O. The lowest BCUT2D eigenvalue weighted by Gasteiger charge is -2.06. The van der Waals surface area contributed by atoms with E-state index in [1.807, 2.05) is 49.8 Å². The van der Waals surface area contributed by atoms with Crippen molar-refractivity contribution in [2.75, 3.05) is 0 Å². The average molecular weight is 250 g/mol. The van der Waals surface area contributed by atoms with Crippen LogP contribution in [-0.4, -0.2) is 15.8 Å². The number of nitrogens with zero attached hydrogens (tertiary/aromatic N) is 2. The summed E-state index contributed by atoms with van der Waals surface area (Å²) in [6, 6.07) is 9.92. The summed E-state index contributed by atoms with van der Waals surface area (Å²) in [5, 5.41) is 1.09. The van der Waals surface area contributed by atoms with Crippen LogP contribution in [0.4, 0.5) is 0 Å². The van der Waals surface area contributed by atoms with Gasteiger partial charge in [-0.15, -0.1) is 0 Å². The number of carbonyl (C=O) groups excluding carboxylic acids is 1. The number of benzene rings is 1. The maximum absolute atomic E-state index is 10.8. The van der Waals surface area contributed by atoms with E-state index in [9.17, 15) is 4.79 Å². The van der Waals surface area contributed by atoms with Crippen LogP contribution in [0.25, 0.3) is 10.9 Å². The predicted octanol–water partition coefficient (Wildman–Crippen LogP) is 3.21. The normalized spacial score (nSPS) is 10.8. The van der Waals surface area contributed by atoms with Gasteiger partial charge in [-0.2, -0.15) is 0 Å². The molecule has 0 N–H and O–H groups in total. The molecule has 0 radical (unpaired) electrons. The van der Waals surface area contributed by atoms with Crippen LogP contribution in [0.15, 0.2) is 48.9 Å². The molecule has 0 bridgehead atoms. The van der Waals surface area contributed by atoms with Gasteiger partial charge in [0.05, 0.1) is 0 Å². The zero-order valence-electron chi connectivity index (χ0n) is 10.7. The van der Waals surface area contributed by atoms with Crippen molar-refractivity contribution in [2.45, 2.75) is 13.5 Å². The number of pyridine rings is 1. The second kappa shape index (κ2) is 4.69. The highest BCUT2D eigenvalue weighted by atomic mass is 16.1. The van der Waals surface area contributed by atoms with Gasteiger partial charge >= 0.3 is 0 Å². The third kappa shape index (κ3) is 2.27. The highest BCUT2D eigenvalue weighted by Crippen LogP contribution is 2.18. The first kappa shape index (κ1) is 11.7. The van der Waals surface area contributed by atoms with Gasteiger partial charge in [-0.3, -0.25) is 9.78 Å². The molecule has 0 atom stereocenters. The number of fused-ring (bicyclic) bond motifs is 1. The highest BCUT2D eigenvalue weighted by Gasteiger charge is 2.03. The lowest BCUT2D eigenvalue weighted by Crippen LogP contribution is -1.98. The van der Waals surface area contributed by atoms with Crippen molar-refractivity contribution in [1.29, 1.82) is 0 Å². The Bertz CT molecular complexity index is 743. The van der Waals surface area contributed by atoms with E-state index in [2.05, 4.69) is 15.6 Å². The summed E-state index contributed by atoms with van der Waals surface area (Å²) in [5.41, 5.74) is 4.18. The average Bonchev–Trinajstić information content (AvgIpc) is 2.81. The minimum absolute atomic E-state index is 0.711. The van der Waals surface area contributed by atoms with Crippen molar-refractivity contribution < 1.29 is 4.79 Å². The van der Waals surface area contributed by atoms with E-state index in [1.165, 1.54) is 5.56 Å². The Balaban J connectivity index is 1.99. The van der Waals surface area contributed by atoms with Gasteiger partial charge in [0.1, 0.15) is 6.29 Å². The maximum Gasteiger partial charge on any atom is 0.150 e. The largest absolute Gasteiger partial charge is 0.343 e. The third-order valence-electron chi connectivity index (χ3n) is 3.22. The molecular weight excluding hydrogens is 236 g/mol. The molecule has 3 aromatic rings. The number of hydrogen-bond donors (Lipinski definition) is 0. The lowest BCUT2D eigenvalue weighted by atomic mass is 10.2. The van der Waals surface area contributed by atoms with Crippen molar-refractivity contribution in [3.05, 3.63) is 65.6 Å². The van der Waals surface area contributed by atoms with Gasteiger partial charge in [-0.1, -0.05) is 6.07 Å². The second-order valence-electron chi connectivity index (χ2n) is 4.75. The van der Waals surface area contributed by atoms with Gasteiger partial charge < -0.3 is 4.57 Å². The molecule has 0 unspecified atom stereocenters. The van der Waals surface area contributed by atoms with E-state index in [1.54, 1.807) is 0 Å². The maximum atomic E-state index is 10.8. The van der Waals surface area contributed by atoms with E-state index in [4.69, 9.17) is 0 Å². The standard InChI is InChI=1S/C16H14N2O/c1-12-6-14(9-17-8-12)10-18-5-4-15-7-13(11-19)2-3-16(15)18/h2-9,11H,10H2,1H3. The molecule has 19 heavy (non-hydrogen) atoms. The Morgan fingerprint density at radius 3 is 2.89 bits per heavy atom. The molecule has 0 amide bonds. The van der Waals surface area contributed by atoms with Crippen LogP contribution in [0.2, 0.25) is 0 Å². The molecule has 1 aromatic carbocycles. The van der Waals surface area contributed by atoms with E-state index >= 15 is 0 Å². The molecule has 3 rings (SSSR count). The SMILES string of the molecule is Cc1cncc(Cn2ccc3cc(C=O)ccc32)c1. The zero-order valence-corrected chi connectivity index (χ0v) is 10.7. The Hall–Kier alpha value is -2.42. The topological polar surface area (TPSA) is 34.9 Å². The zero-order chi connectivity index (χ0) is 13.2. The van der Waals surface area contributed by atoms with Crippen LogP contribution in [0.5, 0.6) is 0 Å². The van der Waals surface area contributed by atoms with Crippen molar-refractivity contribution in [2.24, 2.45) is 0 Å². The van der Waals surface area contributed by atoms with Gasteiger partial charge in [0.15, 0.2) is 0 Å². The fourth-order valence-corrected chi connectivity index (χ4v) is 2.33. The summed E-state index contributed by atoms with van der Waals surface area (Å²) in [6.45, 7) is 2.83. The Labute approximate surface area is 111 Å². The molecule has 0 aliphatic rings. The fraction of sp³-hybridized carbons (Fsp3) is 0.125. The summed E-state index contributed by atoms with van der Waals surface area (Å²) in [5.74, 6) is 0. The number of aryl methyl sites for hydroxylation is 1. The summed E-state index contributed by atoms with van der Waals surface area (Å²) < 4.78 is 2.17. The Kier molecular flexibility index (Phi) is 2.88. The van der Waals surface area contributed by atoms with Crippen molar-refractivity contribution in [3.8, 4) is 0 Å². The van der Waals surface area contributed by atoms with Crippen molar-refractivity contribution in [3.63, 3.8) is 0 Å². The number of aromatic nitrogens is 2. The number of aldehydes is 1. The Morgan fingerprint density at radius 2 is 2.11 bits per heavy atom. The van der Waals surface area contributed by atoms with E-state index in [0.717, 1.165) is 29.3 Å². The van der Waals surface area contributed by atoms with Crippen LogP contribution in [-0.2, 0) is 6.54 Å². The molecule has 0 aliphatic carbocycles. The summed E-state index contributed by atoms with van der Waals surface area (Å²) in [7, 11) is 0. The van der Waals surface area contributed by atoms with Crippen LogP contribution < -0.4 is 0 Å². The van der Waals surface area contributed by atoms with Crippen LogP contribution in [0.3, 0.4) is 0 Å². The van der Waals surface area contributed by atoms with Gasteiger partial charge in [-0.05, 0) is 42.3 Å². The Morgan fingerprint density at radius 1 is 1.21 bits per heavy atom. The molecule has 0 saturated heterocycles. The summed E-state index contributed by atoms with van der Waals surface area (Å²) >= 11 is 0. The molecule has 3 nitrogen and oxygen atoms in total. The van der Waals surface area contributed by atoms with Crippen LogP contribution in [0.1, 0.15) is 21.5 Å². The van der Waals surface area contributed by atoms with E-state index < -0.39 is 0 Å². The van der Waals surface area contributed by atoms with E-state index in [0.29, 0.717) is 5.56 Å². The monoisotopic (exact) mass is 250 g/mol.